The molecule has 1 aromatic carbocycles. The van der Waals surface area contributed by atoms with Gasteiger partial charge in [0.15, 0.2) is 0 Å². The third-order valence-corrected chi connectivity index (χ3v) is 5.34. The Labute approximate surface area is 167 Å². The number of amides is 2. The van der Waals surface area contributed by atoms with Crippen LogP contribution in [0.2, 0.25) is 0 Å². The van der Waals surface area contributed by atoms with E-state index in [2.05, 4.69) is 20.8 Å². The molecule has 1 atom stereocenters. The molecule has 8 nitrogen and oxygen atoms in total. The lowest BCUT2D eigenvalue weighted by Gasteiger charge is -2.10. The molecule has 3 rings (SSSR count). The summed E-state index contributed by atoms with van der Waals surface area (Å²) in [5.74, 6) is 0.428. The van der Waals surface area contributed by atoms with Crippen LogP contribution in [0.25, 0.3) is 0 Å². The lowest BCUT2D eigenvalue weighted by molar-refractivity contribution is -0.121. The maximum absolute atomic E-state index is 12.3. The minimum Gasteiger partial charge on any atom is -0.497 e. The van der Waals surface area contributed by atoms with Gasteiger partial charge >= 0.3 is 0 Å². The maximum atomic E-state index is 12.3. The highest BCUT2D eigenvalue weighted by molar-refractivity contribution is 7.13. The second-order valence-corrected chi connectivity index (χ2v) is 7.54. The van der Waals surface area contributed by atoms with Crippen LogP contribution in [0, 0.1) is 0 Å². The van der Waals surface area contributed by atoms with Crippen LogP contribution >= 0.6 is 11.3 Å². The normalized spacial score (nSPS) is 16.0. The zero-order valence-corrected chi connectivity index (χ0v) is 16.6. The smallest absolute Gasteiger partial charge is 0.286 e. The fraction of sp³-hybridized carbons (Fsp3) is 0.474. The quantitative estimate of drug-likeness (QED) is 0.665. The Morgan fingerprint density at radius 2 is 2.11 bits per heavy atom. The number of rotatable bonds is 9. The predicted molar refractivity (Wildman–Crippen MR) is 106 cm³/mol. The third-order valence-electron chi connectivity index (χ3n) is 4.35. The fourth-order valence-corrected chi connectivity index (χ4v) is 3.60. The highest BCUT2D eigenvalue weighted by Gasteiger charge is 2.16. The van der Waals surface area contributed by atoms with Crippen LogP contribution in [-0.4, -0.2) is 48.4 Å². The number of hydrogen-bond donors (Lipinski definition) is 2. The molecule has 2 amide bonds. The number of hydrogen-bond acceptors (Lipinski definition) is 7. The molecule has 150 valence electrons. The topological polar surface area (TPSA) is 102 Å². The summed E-state index contributed by atoms with van der Waals surface area (Å²) in [6.07, 6.45) is 3.91. The van der Waals surface area contributed by atoms with Gasteiger partial charge in [-0.25, -0.2) is 0 Å². The zero-order chi connectivity index (χ0) is 19.8. The van der Waals surface area contributed by atoms with Crippen molar-refractivity contribution in [2.24, 2.45) is 0 Å². The first-order valence-electron chi connectivity index (χ1n) is 9.30. The molecule has 0 radical (unpaired) electrons. The van der Waals surface area contributed by atoms with E-state index in [4.69, 9.17) is 9.47 Å². The number of aromatic nitrogens is 2. The van der Waals surface area contributed by atoms with Crippen molar-refractivity contribution in [3.8, 4) is 5.75 Å². The summed E-state index contributed by atoms with van der Waals surface area (Å²) >= 11 is 1.24. The molecular weight excluding hydrogens is 380 g/mol. The molecule has 1 aliphatic rings. The van der Waals surface area contributed by atoms with Gasteiger partial charge < -0.3 is 20.1 Å². The molecule has 2 heterocycles. The van der Waals surface area contributed by atoms with Gasteiger partial charge in [0.25, 0.3) is 5.91 Å². The van der Waals surface area contributed by atoms with Crippen molar-refractivity contribution in [1.29, 1.82) is 0 Å². The van der Waals surface area contributed by atoms with Gasteiger partial charge in [0.1, 0.15) is 10.8 Å². The highest BCUT2D eigenvalue weighted by Crippen LogP contribution is 2.18. The van der Waals surface area contributed by atoms with E-state index in [9.17, 15) is 9.59 Å². The Hall–Kier alpha value is -2.52. The Bertz CT molecular complexity index is 787. The van der Waals surface area contributed by atoms with Crippen molar-refractivity contribution < 1.29 is 19.1 Å². The minimum absolute atomic E-state index is 0.0116. The van der Waals surface area contributed by atoms with Gasteiger partial charge in [-0.2, -0.15) is 0 Å². The molecule has 2 aromatic rings. The lowest BCUT2D eigenvalue weighted by Crippen LogP contribution is -2.31. The number of nitrogens with one attached hydrogen (secondary N) is 2. The van der Waals surface area contributed by atoms with Gasteiger partial charge in [-0.15, -0.1) is 10.2 Å². The highest BCUT2D eigenvalue weighted by atomic mass is 32.1. The molecule has 28 heavy (non-hydrogen) atoms. The Kier molecular flexibility index (Phi) is 7.32. The standard InChI is InChI=1S/C19H24N4O4S/c1-26-14-9-7-13(8-10-14)21-18(25)19-23-22-17(28-19)6-2-5-16(24)20-12-15-4-3-11-27-15/h7-10,15H,2-6,11-12H2,1H3,(H,20,24)(H,21,25). The van der Waals surface area contributed by atoms with Crippen molar-refractivity contribution in [1.82, 2.24) is 15.5 Å². The van der Waals surface area contributed by atoms with Crippen LogP contribution in [0.5, 0.6) is 5.75 Å². The van der Waals surface area contributed by atoms with Crippen molar-refractivity contribution in [3.63, 3.8) is 0 Å². The molecule has 1 fully saturated rings. The molecule has 1 aliphatic heterocycles. The van der Waals surface area contributed by atoms with E-state index in [0.29, 0.717) is 36.5 Å². The summed E-state index contributed by atoms with van der Waals surface area (Å²) in [7, 11) is 1.59. The van der Waals surface area contributed by atoms with E-state index in [0.717, 1.165) is 30.2 Å². The van der Waals surface area contributed by atoms with Crippen molar-refractivity contribution in [2.45, 2.75) is 38.2 Å². The molecule has 0 bridgehead atoms. The number of methoxy groups -OCH3 is 1. The molecule has 2 N–H and O–H groups in total. The number of carbonyl (C=O) groups excluding carboxylic acids is 2. The predicted octanol–water partition coefficient (Wildman–Crippen LogP) is 2.42. The second kappa shape index (κ2) is 10.1. The van der Waals surface area contributed by atoms with Crippen LogP contribution in [0.4, 0.5) is 5.69 Å². The average Bonchev–Trinajstić information content (AvgIpc) is 3.39. The number of nitrogens with zero attached hydrogens (tertiary/aromatic N) is 2. The van der Waals surface area contributed by atoms with Gasteiger partial charge in [0.05, 0.1) is 13.2 Å². The number of ether oxygens (including phenoxy) is 2. The van der Waals surface area contributed by atoms with Gasteiger partial charge in [-0.3, -0.25) is 9.59 Å². The van der Waals surface area contributed by atoms with Crippen LogP contribution in [0.1, 0.15) is 40.5 Å². The second-order valence-electron chi connectivity index (χ2n) is 6.48. The molecule has 1 aromatic heterocycles. The number of carbonyl (C=O) groups is 2. The van der Waals surface area contributed by atoms with E-state index < -0.39 is 0 Å². The van der Waals surface area contributed by atoms with E-state index in [1.807, 2.05) is 0 Å². The van der Waals surface area contributed by atoms with Crippen molar-refractivity contribution in [3.05, 3.63) is 34.3 Å². The largest absolute Gasteiger partial charge is 0.497 e. The molecule has 0 saturated carbocycles. The van der Waals surface area contributed by atoms with Crippen molar-refractivity contribution in [2.75, 3.05) is 25.6 Å². The zero-order valence-electron chi connectivity index (χ0n) is 15.8. The van der Waals surface area contributed by atoms with E-state index in [1.54, 1.807) is 31.4 Å². The molecule has 1 unspecified atom stereocenters. The van der Waals surface area contributed by atoms with Crippen LogP contribution in [-0.2, 0) is 16.0 Å². The molecule has 9 heteroatoms. The number of benzene rings is 1. The molecule has 1 saturated heterocycles. The van der Waals surface area contributed by atoms with Gasteiger partial charge in [0.2, 0.25) is 10.9 Å². The van der Waals surface area contributed by atoms with Gasteiger partial charge in [-0.05, 0) is 43.5 Å². The van der Waals surface area contributed by atoms with Crippen LogP contribution < -0.4 is 15.4 Å². The first-order valence-corrected chi connectivity index (χ1v) is 10.1. The Morgan fingerprint density at radius 3 is 2.82 bits per heavy atom. The molecule has 0 spiro atoms. The fourth-order valence-electron chi connectivity index (χ4n) is 2.83. The summed E-state index contributed by atoms with van der Waals surface area (Å²) in [6, 6.07) is 7.05. The monoisotopic (exact) mass is 404 g/mol. The summed E-state index contributed by atoms with van der Waals surface area (Å²) in [5.41, 5.74) is 0.658. The van der Waals surface area contributed by atoms with E-state index in [-0.39, 0.29) is 17.9 Å². The molecule has 0 aliphatic carbocycles. The molecular formula is C19H24N4O4S. The Morgan fingerprint density at radius 1 is 1.29 bits per heavy atom. The SMILES string of the molecule is COc1ccc(NC(=O)c2nnc(CCCC(=O)NCC3CCCO3)s2)cc1. The Balaban J connectivity index is 1.39. The first-order chi connectivity index (χ1) is 13.6. The first kappa shape index (κ1) is 20.2. The number of aryl methyl sites for hydroxylation is 1. The summed E-state index contributed by atoms with van der Waals surface area (Å²) in [4.78, 5) is 24.1. The van der Waals surface area contributed by atoms with Gasteiger partial charge in [-0.1, -0.05) is 11.3 Å². The van der Waals surface area contributed by atoms with E-state index >= 15 is 0 Å². The van der Waals surface area contributed by atoms with Crippen molar-refractivity contribution >= 4 is 28.8 Å². The summed E-state index contributed by atoms with van der Waals surface area (Å²) < 4.78 is 10.6. The summed E-state index contributed by atoms with van der Waals surface area (Å²) in [6.45, 7) is 1.36. The summed E-state index contributed by atoms with van der Waals surface area (Å²) in [5, 5.41) is 14.7. The van der Waals surface area contributed by atoms with Gasteiger partial charge in [0, 0.05) is 31.7 Å². The van der Waals surface area contributed by atoms with E-state index in [1.165, 1.54) is 11.3 Å². The minimum atomic E-state index is -0.303. The number of anilines is 1. The average molecular weight is 404 g/mol. The maximum Gasteiger partial charge on any atom is 0.286 e. The van der Waals surface area contributed by atoms with Crippen LogP contribution in [0.15, 0.2) is 24.3 Å². The van der Waals surface area contributed by atoms with Crippen LogP contribution in [0.3, 0.4) is 0 Å². The third kappa shape index (κ3) is 6.00. The lowest BCUT2D eigenvalue weighted by atomic mass is 10.2.